The maximum Gasteiger partial charge on any atom is 0.234 e. The number of carbonyl (C=O) groups excluding carboxylic acids is 2. The van der Waals surface area contributed by atoms with Crippen molar-refractivity contribution in [1.82, 2.24) is 16.0 Å². The average Bonchev–Trinajstić information content (AvgIpc) is 2.93. The predicted molar refractivity (Wildman–Crippen MR) is 66.5 cm³/mol. The Bertz CT molecular complexity index is 280. The van der Waals surface area contributed by atoms with Crippen LogP contribution in [0.3, 0.4) is 0 Å². The molecule has 1 rings (SSSR count). The topological polar surface area (TPSA) is 70.2 Å². The molecular formula is C12H23N3O2. The molecule has 0 radical (unpaired) electrons. The van der Waals surface area contributed by atoms with Gasteiger partial charge in [0.1, 0.15) is 0 Å². The molecule has 0 aromatic carbocycles. The van der Waals surface area contributed by atoms with Gasteiger partial charge in [0.05, 0.1) is 6.54 Å². The van der Waals surface area contributed by atoms with E-state index in [-0.39, 0.29) is 23.9 Å². The smallest absolute Gasteiger partial charge is 0.234 e. The third kappa shape index (κ3) is 7.74. The number of carbonyl (C=O) groups is 2. The van der Waals surface area contributed by atoms with Gasteiger partial charge in [-0.2, -0.15) is 0 Å². The standard InChI is InChI=1S/C12H23N3O2/c1-12(2,3)15-11(17)8-13-7-6-10(16)14-9-4-5-9/h9,13H,4-8H2,1-3H3,(H,14,16)(H,15,17). The molecule has 2 amide bonds. The van der Waals surface area contributed by atoms with E-state index < -0.39 is 0 Å². The summed E-state index contributed by atoms with van der Waals surface area (Å²) in [7, 11) is 0. The van der Waals surface area contributed by atoms with Crippen molar-refractivity contribution in [3.8, 4) is 0 Å². The summed E-state index contributed by atoms with van der Waals surface area (Å²) >= 11 is 0. The van der Waals surface area contributed by atoms with E-state index in [1.54, 1.807) is 0 Å². The van der Waals surface area contributed by atoms with Gasteiger partial charge in [0.25, 0.3) is 0 Å². The van der Waals surface area contributed by atoms with Crippen molar-refractivity contribution >= 4 is 11.8 Å². The van der Waals surface area contributed by atoms with Gasteiger partial charge in [-0.3, -0.25) is 9.59 Å². The molecule has 0 unspecified atom stereocenters. The largest absolute Gasteiger partial charge is 0.353 e. The Kier molecular flexibility index (Phi) is 4.93. The molecule has 5 nitrogen and oxygen atoms in total. The van der Waals surface area contributed by atoms with Crippen molar-refractivity contribution in [3.63, 3.8) is 0 Å². The van der Waals surface area contributed by atoms with Gasteiger partial charge in [0, 0.05) is 24.5 Å². The van der Waals surface area contributed by atoms with E-state index in [0.29, 0.717) is 19.0 Å². The molecule has 1 saturated carbocycles. The quantitative estimate of drug-likeness (QED) is 0.580. The normalized spacial score (nSPS) is 15.5. The minimum Gasteiger partial charge on any atom is -0.353 e. The molecule has 17 heavy (non-hydrogen) atoms. The van der Waals surface area contributed by atoms with E-state index in [1.807, 2.05) is 20.8 Å². The Morgan fingerprint density at radius 3 is 2.35 bits per heavy atom. The van der Waals surface area contributed by atoms with E-state index in [1.165, 1.54) is 0 Å². The minimum absolute atomic E-state index is 0.0416. The molecule has 0 saturated heterocycles. The summed E-state index contributed by atoms with van der Waals surface area (Å²) in [6.45, 7) is 6.61. The van der Waals surface area contributed by atoms with Gasteiger partial charge in [-0.1, -0.05) is 0 Å². The van der Waals surface area contributed by atoms with Crippen molar-refractivity contribution in [2.75, 3.05) is 13.1 Å². The number of hydrogen-bond acceptors (Lipinski definition) is 3. The zero-order valence-electron chi connectivity index (χ0n) is 10.9. The summed E-state index contributed by atoms with van der Waals surface area (Å²) in [5.41, 5.74) is -0.206. The summed E-state index contributed by atoms with van der Waals surface area (Å²) in [4.78, 5) is 22.7. The van der Waals surface area contributed by atoms with Crippen molar-refractivity contribution in [2.24, 2.45) is 0 Å². The van der Waals surface area contributed by atoms with Gasteiger partial charge in [-0.15, -0.1) is 0 Å². The lowest BCUT2D eigenvalue weighted by atomic mass is 10.1. The Hall–Kier alpha value is -1.10. The van der Waals surface area contributed by atoms with Crippen LogP contribution in [0, 0.1) is 0 Å². The highest BCUT2D eigenvalue weighted by molar-refractivity contribution is 5.79. The molecule has 0 aromatic rings. The Morgan fingerprint density at radius 2 is 1.82 bits per heavy atom. The first-order chi connectivity index (χ1) is 7.87. The summed E-state index contributed by atoms with van der Waals surface area (Å²) < 4.78 is 0. The molecule has 98 valence electrons. The first-order valence-electron chi connectivity index (χ1n) is 6.18. The van der Waals surface area contributed by atoms with Crippen LogP contribution in [0.1, 0.15) is 40.0 Å². The fourth-order valence-electron chi connectivity index (χ4n) is 1.39. The van der Waals surface area contributed by atoms with E-state index in [0.717, 1.165) is 12.8 Å². The molecule has 0 atom stereocenters. The molecule has 0 spiro atoms. The molecule has 1 aliphatic carbocycles. The number of nitrogens with one attached hydrogen (secondary N) is 3. The van der Waals surface area contributed by atoms with Crippen LogP contribution in [0.15, 0.2) is 0 Å². The zero-order valence-corrected chi connectivity index (χ0v) is 10.9. The highest BCUT2D eigenvalue weighted by atomic mass is 16.2. The monoisotopic (exact) mass is 241 g/mol. The van der Waals surface area contributed by atoms with Crippen molar-refractivity contribution in [2.45, 2.75) is 51.6 Å². The van der Waals surface area contributed by atoms with Gasteiger partial charge >= 0.3 is 0 Å². The molecule has 0 heterocycles. The number of hydrogen-bond donors (Lipinski definition) is 3. The first-order valence-corrected chi connectivity index (χ1v) is 6.18. The third-order valence-corrected chi connectivity index (χ3v) is 2.27. The lowest BCUT2D eigenvalue weighted by molar-refractivity contribution is -0.123. The minimum atomic E-state index is -0.206. The highest BCUT2D eigenvalue weighted by Crippen LogP contribution is 2.18. The summed E-state index contributed by atoms with van der Waals surface area (Å²) in [6.07, 6.45) is 2.64. The summed E-state index contributed by atoms with van der Waals surface area (Å²) in [5, 5.41) is 8.71. The second-order valence-corrected chi connectivity index (χ2v) is 5.57. The second kappa shape index (κ2) is 6.00. The molecule has 3 N–H and O–H groups in total. The first kappa shape index (κ1) is 14.0. The van der Waals surface area contributed by atoms with Crippen molar-refractivity contribution < 1.29 is 9.59 Å². The molecule has 0 aromatic heterocycles. The Labute approximate surface area is 103 Å². The van der Waals surface area contributed by atoms with E-state index in [2.05, 4.69) is 16.0 Å². The van der Waals surface area contributed by atoms with Gasteiger partial charge in [0.2, 0.25) is 11.8 Å². The molecular weight excluding hydrogens is 218 g/mol. The lowest BCUT2D eigenvalue weighted by Gasteiger charge is -2.20. The summed E-state index contributed by atoms with van der Waals surface area (Å²) in [5.74, 6) is 0.0244. The molecule has 0 bridgehead atoms. The van der Waals surface area contributed by atoms with Gasteiger partial charge in [0.15, 0.2) is 0 Å². The van der Waals surface area contributed by atoms with E-state index >= 15 is 0 Å². The average molecular weight is 241 g/mol. The van der Waals surface area contributed by atoms with Crippen molar-refractivity contribution in [1.29, 1.82) is 0 Å². The Balaban J connectivity index is 1.99. The van der Waals surface area contributed by atoms with Crippen molar-refractivity contribution in [3.05, 3.63) is 0 Å². The Morgan fingerprint density at radius 1 is 1.18 bits per heavy atom. The fourth-order valence-corrected chi connectivity index (χ4v) is 1.39. The van der Waals surface area contributed by atoms with Crippen LogP contribution in [-0.2, 0) is 9.59 Å². The molecule has 1 aliphatic rings. The van der Waals surface area contributed by atoms with Crippen LogP contribution in [0.2, 0.25) is 0 Å². The highest BCUT2D eigenvalue weighted by Gasteiger charge is 2.22. The maximum absolute atomic E-state index is 11.4. The van der Waals surface area contributed by atoms with Gasteiger partial charge < -0.3 is 16.0 Å². The van der Waals surface area contributed by atoms with Crippen LogP contribution < -0.4 is 16.0 Å². The summed E-state index contributed by atoms with van der Waals surface area (Å²) in [6, 6.07) is 0.409. The molecule has 1 fully saturated rings. The number of rotatable bonds is 6. The fraction of sp³-hybridized carbons (Fsp3) is 0.833. The second-order valence-electron chi connectivity index (χ2n) is 5.57. The van der Waals surface area contributed by atoms with Gasteiger partial charge in [-0.25, -0.2) is 0 Å². The van der Waals surface area contributed by atoms with Crippen LogP contribution in [-0.4, -0.2) is 36.5 Å². The van der Waals surface area contributed by atoms with E-state index in [9.17, 15) is 9.59 Å². The third-order valence-electron chi connectivity index (χ3n) is 2.27. The van der Waals surface area contributed by atoms with E-state index in [4.69, 9.17) is 0 Å². The van der Waals surface area contributed by atoms with Crippen LogP contribution >= 0.6 is 0 Å². The number of amides is 2. The predicted octanol–water partition coefficient (Wildman–Crippen LogP) is 0.159. The van der Waals surface area contributed by atoms with Crippen LogP contribution in [0.5, 0.6) is 0 Å². The maximum atomic E-state index is 11.4. The molecule has 0 aliphatic heterocycles. The molecule has 5 heteroatoms. The van der Waals surface area contributed by atoms with Crippen LogP contribution in [0.25, 0.3) is 0 Å². The van der Waals surface area contributed by atoms with Gasteiger partial charge in [-0.05, 0) is 33.6 Å². The zero-order chi connectivity index (χ0) is 12.9. The van der Waals surface area contributed by atoms with Crippen LogP contribution in [0.4, 0.5) is 0 Å². The lowest BCUT2D eigenvalue weighted by Crippen LogP contribution is -2.45. The SMILES string of the molecule is CC(C)(C)NC(=O)CNCCC(=O)NC1CC1.